The lowest BCUT2D eigenvalue weighted by Gasteiger charge is -2.14. The minimum Gasteiger partial charge on any atom is -0.377 e. The number of ether oxygens (including phenoxy) is 2. The minimum absolute atomic E-state index is 0.228. The molecule has 19 heavy (non-hydrogen) atoms. The van der Waals surface area contributed by atoms with Crippen molar-refractivity contribution in [3.63, 3.8) is 0 Å². The molecule has 1 fully saturated rings. The quantitative estimate of drug-likeness (QED) is 0.843. The molecule has 2 heterocycles. The maximum absolute atomic E-state index is 12.5. The predicted molar refractivity (Wildman–Crippen MR) is 72.6 cm³/mol. The molecule has 1 aromatic heterocycles. The van der Waals surface area contributed by atoms with E-state index in [4.69, 9.17) is 15.2 Å². The third-order valence-electron chi connectivity index (χ3n) is 3.25. The molecule has 108 valence electrons. The van der Waals surface area contributed by atoms with Crippen LogP contribution < -0.4 is 5.73 Å². The van der Waals surface area contributed by atoms with E-state index in [-0.39, 0.29) is 12.2 Å². The Bertz CT molecular complexity index is 517. The van der Waals surface area contributed by atoms with E-state index in [0.717, 1.165) is 5.56 Å². The molecule has 2 unspecified atom stereocenters. The van der Waals surface area contributed by atoms with Gasteiger partial charge in [-0.05, 0) is 17.0 Å². The van der Waals surface area contributed by atoms with Crippen LogP contribution in [0.2, 0.25) is 0 Å². The van der Waals surface area contributed by atoms with Crippen LogP contribution in [0.4, 0.5) is 0 Å². The highest BCUT2D eigenvalue weighted by Gasteiger charge is 2.40. The highest BCUT2D eigenvalue weighted by Crippen LogP contribution is 2.28. The molecule has 1 aromatic rings. The fraction of sp³-hybridized carbons (Fsp3) is 0.636. The lowest BCUT2D eigenvalue weighted by molar-refractivity contribution is -0.00461. The molecule has 0 aliphatic carbocycles. The van der Waals surface area contributed by atoms with Crippen LogP contribution in [0.1, 0.15) is 5.56 Å². The van der Waals surface area contributed by atoms with E-state index < -0.39 is 10.0 Å². The molecule has 1 saturated heterocycles. The molecule has 0 radical (unpaired) electrons. The fourth-order valence-electron chi connectivity index (χ4n) is 2.08. The highest BCUT2D eigenvalue weighted by atomic mass is 32.2. The lowest BCUT2D eigenvalue weighted by Crippen LogP contribution is -2.29. The van der Waals surface area contributed by atoms with Crippen LogP contribution in [0.15, 0.2) is 15.7 Å². The van der Waals surface area contributed by atoms with Crippen molar-refractivity contribution in [2.45, 2.75) is 23.0 Å². The van der Waals surface area contributed by atoms with E-state index >= 15 is 0 Å². The molecular formula is C11H18N2O4S2. The van der Waals surface area contributed by atoms with E-state index in [2.05, 4.69) is 0 Å². The van der Waals surface area contributed by atoms with Crippen LogP contribution in [-0.2, 0) is 26.0 Å². The van der Waals surface area contributed by atoms with E-state index in [1.54, 1.807) is 25.7 Å². The lowest BCUT2D eigenvalue weighted by atomic mass is 10.3. The standard InChI is InChI=1S/C11H18N2O4S2/c1-16-9-5-13(6-10(9)17-2)19(14,15)11-3-8(4-12)7-18-11/h3,7,9-10H,4-6,12H2,1-2H3. The Morgan fingerprint density at radius 3 is 2.37 bits per heavy atom. The van der Waals surface area contributed by atoms with Crippen LogP contribution in [-0.4, -0.2) is 52.2 Å². The molecule has 0 spiro atoms. The summed E-state index contributed by atoms with van der Waals surface area (Å²) >= 11 is 1.19. The maximum Gasteiger partial charge on any atom is 0.252 e. The third kappa shape index (κ3) is 2.83. The van der Waals surface area contributed by atoms with Gasteiger partial charge in [0.2, 0.25) is 0 Å². The van der Waals surface area contributed by atoms with Gasteiger partial charge in [-0.2, -0.15) is 4.31 Å². The molecule has 0 amide bonds. The van der Waals surface area contributed by atoms with Crippen molar-refractivity contribution in [1.29, 1.82) is 0 Å². The van der Waals surface area contributed by atoms with Gasteiger partial charge >= 0.3 is 0 Å². The number of methoxy groups -OCH3 is 2. The summed E-state index contributed by atoms with van der Waals surface area (Å²) in [6.45, 7) is 0.966. The first-order chi connectivity index (χ1) is 9.02. The Kier molecular flexibility index (Phi) is 4.59. The smallest absolute Gasteiger partial charge is 0.252 e. The van der Waals surface area contributed by atoms with Gasteiger partial charge in [0.1, 0.15) is 4.21 Å². The average molecular weight is 306 g/mol. The molecule has 1 aliphatic rings. The second-order valence-corrected chi connectivity index (χ2v) is 7.42. The summed E-state index contributed by atoms with van der Waals surface area (Å²) in [7, 11) is -0.358. The normalized spacial score (nSPS) is 25.0. The average Bonchev–Trinajstić information content (AvgIpc) is 3.05. The first-order valence-electron chi connectivity index (χ1n) is 5.86. The molecule has 2 rings (SSSR count). The molecule has 0 aromatic carbocycles. The Morgan fingerprint density at radius 2 is 1.95 bits per heavy atom. The Labute approximate surface area is 117 Å². The second-order valence-electron chi connectivity index (χ2n) is 4.35. The summed E-state index contributed by atoms with van der Waals surface area (Å²) in [5.74, 6) is 0. The monoisotopic (exact) mass is 306 g/mol. The number of nitrogens with zero attached hydrogens (tertiary/aromatic N) is 1. The van der Waals surface area contributed by atoms with Gasteiger partial charge in [-0.25, -0.2) is 8.42 Å². The zero-order valence-corrected chi connectivity index (χ0v) is 12.5. The SMILES string of the molecule is COC1CN(S(=O)(=O)c2cc(CN)cs2)CC1OC. The summed E-state index contributed by atoms with van der Waals surface area (Å²) in [5.41, 5.74) is 6.33. The van der Waals surface area contributed by atoms with Gasteiger partial charge in [0.05, 0.1) is 12.2 Å². The topological polar surface area (TPSA) is 81.9 Å². The number of nitrogens with two attached hydrogens (primary N) is 1. The molecule has 1 aliphatic heterocycles. The van der Waals surface area contributed by atoms with Gasteiger partial charge in [0, 0.05) is 33.9 Å². The number of rotatable bonds is 5. The zero-order valence-electron chi connectivity index (χ0n) is 10.9. The molecule has 0 bridgehead atoms. The number of sulfonamides is 1. The Balaban J connectivity index is 2.21. The molecule has 6 nitrogen and oxygen atoms in total. The summed E-state index contributed by atoms with van der Waals surface area (Å²) in [4.78, 5) is 0. The molecule has 8 heteroatoms. The summed E-state index contributed by atoms with van der Waals surface area (Å²) in [5, 5.41) is 1.77. The van der Waals surface area contributed by atoms with Crippen molar-refractivity contribution in [2.75, 3.05) is 27.3 Å². The van der Waals surface area contributed by atoms with Gasteiger partial charge in [-0.3, -0.25) is 0 Å². The predicted octanol–water partition coefficient (Wildman–Crippen LogP) is 0.241. The van der Waals surface area contributed by atoms with E-state index in [1.165, 1.54) is 15.6 Å². The van der Waals surface area contributed by atoms with Crippen molar-refractivity contribution in [1.82, 2.24) is 4.31 Å². The van der Waals surface area contributed by atoms with Crippen LogP contribution >= 0.6 is 11.3 Å². The Morgan fingerprint density at radius 1 is 1.37 bits per heavy atom. The van der Waals surface area contributed by atoms with E-state index in [1.807, 2.05) is 0 Å². The van der Waals surface area contributed by atoms with Crippen LogP contribution in [0.5, 0.6) is 0 Å². The van der Waals surface area contributed by atoms with Gasteiger partial charge in [-0.15, -0.1) is 11.3 Å². The van der Waals surface area contributed by atoms with Crippen molar-refractivity contribution in [3.8, 4) is 0 Å². The molecule has 2 N–H and O–H groups in total. The van der Waals surface area contributed by atoms with Crippen LogP contribution in [0, 0.1) is 0 Å². The van der Waals surface area contributed by atoms with Gasteiger partial charge in [0.15, 0.2) is 0 Å². The van der Waals surface area contributed by atoms with Crippen molar-refractivity contribution in [2.24, 2.45) is 5.73 Å². The van der Waals surface area contributed by atoms with Crippen molar-refractivity contribution >= 4 is 21.4 Å². The first kappa shape index (κ1) is 14.9. The maximum atomic E-state index is 12.5. The highest BCUT2D eigenvalue weighted by molar-refractivity contribution is 7.91. The molecular weight excluding hydrogens is 288 g/mol. The summed E-state index contributed by atoms with van der Waals surface area (Å²) < 4.78 is 37.2. The van der Waals surface area contributed by atoms with Gasteiger partial charge in [0.25, 0.3) is 10.0 Å². The largest absolute Gasteiger partial charge is 0.377 e. The van der Waals surface area contributed by atoms with E-state index in [0.29, 0.717) is 23.8 Å². The number of hydrogen-bond acceptors (Lipinski definition) is 6. The summed E-state index contributed by atoms with van der Waals surface area (Å²) in [6.07, 6.45) is -0.456. The number of thiophene rings is 1. The summed E-state index contributed by atoms with van der Waals surface area (Å²) in [6, 6.07) is 1.63. The molecule has 2 atom stereocenters. The molecule has 0 saturated carbocycles. The van der Waals surface area contributed by atoms with E-state index in [9.17, 15) is 8.42 Å². The fourth-order valence-corrected chi connectivity index (χ4v) is 4.92. The van der Waals surface area contributed by atoms with Gasteiger partial charge in [-0.1, -0.05) is 0 Å². The number of hydrogen-bond donors (Lipinski definition) is 1. The van der Waals surface area contributed by atoms with Crippen LogP contribution in [0.3, 0.4) is 0 Å². The first-order valence-corrected chi connectivity index (χ1v) is 8.18. The second kappa shape index (κ2) is 5.86. The third-order valence-corrected chi connectivity index (χ3v) is 6.54. The zero-order chi connectivity index (χ0) is 14.0. The van der Waals surface area contributed by atoms with Crippen molar-refractivity contribution in [3.05, 3.63) is 17.0 Å². The van der Waals surface area contributed by atoms with Crippen molar-refractivity contribution < 1.29 is 17.9 Å². The van der Waals surface area contributed by atoms with Crippen LogP contribution in [0.25, 0.3) is 0 Å². The van der Waals surface area contributed by atoms with Gasteiger partial charge < -0.3 is 15.2 Å². The Hall–Kier alpha value is -0.510. The minimum atomic E-state index is -3.48.